The van der Waals surface area contributed by atoms with Gasteiger partial charge in [-0.05, 0) is 86.0 Å². The van der Waals surface area contributed by atoms with Gasteiger partial charge in [-0.3, -0.25) is 13.5 Å². The van der Waals surface area contributed by atoms with E-state index in [-0.39, 0.29) is 0 Å². The van der Waals surface area contributed by atoms with Crippen molar-refractivity contribution in [3.8, 4) is 17.3 Å². The average Bonchev–Trinajstić information content (AvgIpc) is 3.61. The first kappa shape index (κ1) is 26.2. The van der Waals surface area contributed by atoms with Crippen molar-refractivity contribution in [3.05, 3.63) is 151 Å². The van der Waals surface area contributed by atoms with E-state index in [2.05, 4.69) is 146 Å². The summed E-state index contributed by atoms with van der Waals surface area (Å²) in [5, 5.41) is 2.38. The van der Waals surface area contributed by atoms with Gasteiger partial charge in [0.1, 0.15) is 28.7 Å². The molecular formula is C40H33N4O+. The highest BCUT2D eigenvalue weighted by atomic mass is 16.5. The lowest BCUT2D eigenvalue weighted by Crippen LogP contribution is -2.67. The number of ether oxygens (including phenoxy) is 1. The molecule has 3 aliphatic heterocycles. The minimum absolute atomic E-state index is 0.705. The highest BCUT2D eigenvalue weighted by molar-refractivity contribution is 6.09. The van der Waals surface area contributed by atoms with Crippen molar-refractivity contribution in [2.24, 2.45) is 0 Å². The normalized spacial score (nSPS) is 19.9. The Morgan fingerprint density at radius 1 is 0.622 bits per heavy atom. The molecule has 0 spiro atoms. The van der Waals surface area contributed by atoms with Crippen LogP contribution in [-0.4, -0.2) is 16.2 Å². The van der Waals surface area contributed by atoms with E-state index >= 15 is 0 Å². The van der Waals surface area contributed by atoms with Crippen molar-refractivity contribution in [1.82, 2.24) is 18.5 Å². The fourth-order valence-electron chi connectivity index (χ4n) is 7.54. The predicted octanol–water partition coefficient (Wildman–Crippen LogP) is 10.3. The molecule has 5 heterocycles. The largest absolute Gasteiger partial charge is 0.457 e. The number of nitrogens with zero attached hydrogens (tertiary/aromatic N) is 4. The molecule has 5 aromatic carbocycles. The first-order chi connectivity index (χ1) is 21.9. The number of aromatic nitrogens is 2. The predicted molar refractivity (Wildman–Crippen MR) is 184 cm³/mol. The van der Waals surface area contributed by atoms with Gasteiger partial charge in [0.15, 0.2) is 18.0 Å². The fourth-order valence-corrected chi connectivity index (χ4v) is 7.54. The van der Waals surface area contributed by atoms with Crippen molar-refractivity contribution in [2.45, 2.75) is 20.8 Å². The summed E-state index contributed by atoms with van der Waals surface area (Å²) in [6.45, 7) is 10.00. The van der Waals surface area contributed by atoms with Gasteiger partial charge in [-0.15, -0.1) is 0 Å². The van der Waals surface area contributed by atoms with Crippen LogP contribution in [0.15, 0.2) is 128 Å². The Balaban J connectivity index is 1.14. The summed E-state index contributed by atoms with van der Waals surface area (Å²) in [5.41, 5.74) is 11.3. The van der Waals surface area contributed by atoms with Gasteiger partial charge in [-0.25, -0.2) is 4.98 Å². The smallest absolute Gasteiger partial charge is 0.186 e. The van der Waals surface area contributed by atoms with Crippen molar-refractivity contribution in [3.63, 3.8) is 0 Å². The Morgan fingerprint density at radius 2 is 1.31 bits per heavy atom. The third-order valence-electron chi connectivity index (χ3n) is 9.76. The van der Waals surface area contributed by atoms with Gasteiger partial charge >= 0.3 is 0 Å². The molecule has 0 unspecified atom stereocenters. The van der Waals surface area contributed by atoms with Crippen LogP contribution in [0.2, 0.25) is 0 Å². The Morgan fingerprint density at radius 3 is 2.07 bits per heavy atom. The molecule has 0 saturated carbocycles. The zero-order valence-electron chi connectivity index (χ0n) is 25.6. The van der Waals surface area contributed by atoms with Crippen LogP contribution in [-0.2, 0) is 0 Å². The van der Waals surface area contributed by atoms with Crippen LogP contribution < -0.4 is 13.7 Å². The quantitative estimate of drug-likeness (QED) is 0.148. The number of rotatable bonds is 5. The summed E-state index contributed by atoms with van der Waals surface area (Å²) in [7, 11) is 0. The van der Waals surface area contributed by atoms with Gasteiger partial charge in [0.05, 0.1) is 17.7 Å². The van der Waals surface area contributed by atoms with Crippen molar-refractivity contribution < 1.29 is 4.74 Å². The number of quaternary nitrogens is 2. The topological polar surface area (TPSA) is 27.1 Å². The summed E-state index contributed by atoms with van der Waals surface area (Å²) < 4.78 is 10.4. The number of hydrogen-bond donors (Lipinski definition) is 0. The average molecular weight is 586 g/mol. The van der Waals surface area contributed by atoms with E-state index in [4.69, 9.17) is 4.74 Å². The molecule has 0 N–H and O–H groups in total. The minimum Gasteiger partial charge on any atom is -0.457 e. The molecule has 1 saturated heterocycles. The Hall–Kier alpha value is -5.23. The molecular weight excluding hydrogens is 552 g/mol. The van der Waals surface area contributed by atoms with Crippen LogP contribution in [0.4, 0.5) is 22.7 Å². The highest BCUT2D eigenvalue weighted by Crippen LogP contribution is 2.65. The number of hydrogen-bond acceptors (Lipinski definition) is 2. The maximum Gasteiger partial charge on any atom is 0.186 e. The molecule has 10 rings (SSSR count). The van der Waals surface area contributed by atoms with Gasteiger partial charge in [0.2, 0.25) is 0 Å². The molecule has 218 valence electrons. The Labute approximate surface area is 263 Å². The van der Waals surface area contributed by atoms with Crippen LogP contribution in [0.25, 0.3) is 27.6 Å². The second-order valence-corrected chi connectivity index (χ2v) is 12.6. The molecule has 1 fully saturated rings. The molecule has 2 bridgehead atoms. The number of aryl methyl sites for hydroxylation is 3. The first-order valence-electron chi connectivity index (χ1n) is 15.5. The summed E-state index contributed by atoms with van der Waals surface area (Å²) in [4.78, 5) is 4.69. The van der Waals surface area contributed by atoms with Crippen LogP contribution in [0.5, 0.6) is 11.5 Å². The molecule has 45 heavy (non-hydrogen) atoms. The van der Waals surface area contributed by atoms with Gasteiger partial charge in [0, 0.05) is 47.3 Å². The second-order valence-electron chi connectivity index (χ2n) is 12.6. The Kier molecular flexibility index (Phi) is 5.46. The number of fused-ring (bicyclic) bond motifs is 3. The molecule has 0 aliphatic carbocycles. The Bertz CT molecular complexity index is 2280. The molecule has 5 heteroatoms. The van der Waals surface area contributed by atoms with E-state index in [0.29, 0.717) is 4.48 Å². The molecule has 3 aliphatic rings. The third-order valence-corrected chi connectivity index (χ3v) is 9.76. The SMILES string of the molecule is Cc1cc(Oc2ccc3c4ccccc4n(-c4ccccn4)c3c2)cc([N@@+]23[CH-][N@@+](c4ccccc4)(C2)c2cc(C)c(C)cc23)c1. The molecule has 7 aromatic rings. The zero-order chi connectivity index (χ0) is 30.3. The zero-order valence-corrected chi connectivity index (χ0v) is 25.6. The van der Waals surface area contributed by atoms with Crippen LogP contribution in [0, 0.1) is 27.4 Å². The fraction of sp³-hybridized carbons (Fsp3) is 0.100. The summed E-state index contributed by atoms with van der Waals surface area (Å²) in [6, 6.07) is 43.3. The van der Waals surface area contributed by atoms with E-state index in [0.717, 1.165) is 39.5 Å². The third kappa shape index (κ3) is 3.72. The molecule has 0 radical (unpaired) electrons. The van der Waals surface area contributed by atoms with E-state index in [1.165, 1.54) is 50.2 Å². The highest BCUT2D eigenvalue weighted by Gasteiger charge is 2.63. The van der Waals surface area contributed by atoms with Gasteiger partial charge in [0.25, 0.3) is 0 Å². The monoisotopic (exact) mass is 585 g/mol. The van der Waals surface area contributed by atoms with Crippen LogP contribution >= 0.6 is 0 Å². The first-order valence-corrected chi connectivity index (χ1v) is 15.5. The van der Waals surface area contributed by atoms with Gasteiger partial charge < -0.3 is 4.74 Å². The van der Waals surface area contributed by atoms with Gasteiger partial charge in [-0.2, -0.15) is 0 Å². The standard InChI is InChI=1S/C40H33N4O/c1-27-19-31(44-25-43(26-44,30-11-5-4-6-12-30)38-21-28(2)29(3)22-39(38)44)23-33(20-27)45-32-16-17-35-34-13-7-8-14-36(34)42(37(35)24-32)40-15-9-10-18-41-40/h4-25H,26H2,1-3H3/q+1/t43-,44+/m0/s1. The number of pyridine rings is 1. The maximum atomic E-state index is 6.69. The lowest BCUT2D eigenvalue weighted by Gasteiger charge is -2.56. The second kappa shape index (κ2) is 9.38. The maximum absolute atomic E-state index is 6.69. The summed E-state index contributed by atoms with van der Waals surface area (Å²) >= 11 is 0. The van der Waals surface area contributed by atoms with E-state index in [1.807, 2.05) is 18.3 Å². The minimum atomic E-state index is 0.705. The van der Waals surface area contributed by atoms with Crippen molar-refractivity contribution >= 4 is 44.6 Å². The van der Waals surface area contributed by atoms with E-state index in [1.54, 1.807) is 0 Å². The summed E-state index contributed by atoms with van der Waals surface area (Å²) in [5.74, 6) is 2.53. The summed E-state index contributed by atoms with van der Waals surface area (Å²) in [6.07, 6.45) is 1.84. The van der Waals surface area contributed by atoms with Crippen molar-refractivity contribution in [2.75, 3.05) is 6.67 Å². The molecule has 2 atom stereocenters. The van der Waals surface area contributed by atoms with Gasteiger partial charge in [-0.1, -0.05) is 42.5 Å². The molecule has 2 aromatic heterocycles. The van der Waals surface area contributed by atoms with E-state index in [9.17, 15) is 0 Å². The van der Waals surface area contributed by atoms with E-state index < -0.39 is 0 Å². The lowest BCUT2D eigenvalue weighted by molar-refractivity contribution is 0.187. The molecule has 5 nitrogen and oxygen atoms in total. The lowest BCUT2D eigenvalue weighted by atomic mass is 10.1. The number of para-hydroxylation sites is 2. The number of benzene rings is 5. The van der Waals surface area contributed by atoms with Crippen molar-refractivity contribution in [1.29, 1.82) is 0 Å². The van der Waals surface area contributed by atoms with Crippen LogP contribution in [0.3, 0.4) is 0 Å². The van der Waals surface area contributed by atoms with Crippen LogP contribution in [0.1, 0.15) is 16.7 Å². The molecule has 0 amide bonds.